The van der Waals surface area contributed by atoms with Gasteiger partial charge in [0.05, 0.1) is 5.69 Å². The van der Waals surface area contributed by atoms with E-state index in [1.807, 2.05) is 65.0 Å². The predicted octanol–water partition coefficient (Wildman–Crippen LogP) is 10.1. The first-order chi connectivity index (χ1) is 17.9. The van der Waals surface area contributed by atoms with Gasteiger partial charge in [-0.15, -0.1) is 6.58 Å². The third-order valence-corrected chi connectivity index (χ3v) is 6.10. The molecule has 1 heterocycles. The maximum absolute atomic E-state index is 13.4. The van der Waals surface area contributed by atoms with E-state index in [9.17, 15) is 8.78 Å². The molecule has 0 radical (unpaired) electrons. The summed E-state index contributed by atoms with van der Waals surface area (Å²) in [5, 5.41) is 0. The van der Waals surface area contributed by atoms with Crippen molar-refractivity contribution in [3.63, 3.8) is 0 Å². The molecule has 1 aliphatic rings. The lowest BCUT2D eigenvalue weighted by atomic mass is 9.85. The van der Waals surface area contributed by atoms with Gasteiger partial charge in [0.15, 0.2) is 0 Å². The summed E-state index contributed by atoms with van der Waals surface area (Å²) in [6, 6.07) is 15.4. The number of rotatable bonds is 2. The summed E-state index contributed by atoms with van der Waals surface area (Å²) < 4.78 is 26.0. The Labute approximate surface area is 229 Å². The van der Waals surface area contributed by atoms with E-state index in [-0.39, 0.29) is 11.6 Å². The van der Waals surface area contributed by atoms with E-state index >= 15 is 0 Å². The molecule has 0 spiro atoms. The van der Waals surface area contributed by atoms with Gasteiger partial charge < -0.3 is 0 Å². The molecule has 0 bridgehead atoms. The van der Waals surface area contributed by atoms with Crippen molar-refractivity contribution in [3.05, 3.63) is 148 Å². The first-order valence-electron chi connectivity index (χ1n) is 13.0. The second kappa shape index (κ2) is 16.3. The zero-order valence-corrected chi connectivity index (χ0v) is 24.3. The van der Waals surface area contributed by atoms with Gasteiger partial charge in [0.2, 0.25) is 0 Å². The highest BCUT2D eigenvalue weighted by atomic mass is 19.1. The van der Waals surface area contributed by atoms with Crippen LogP contribution in [0.3, 0.4) is 0 Å². The summed E-state index contributed by atoms with van der Waals surface area (Å²) in [5.41, 5.74) is 7.77. The molecule has 1 aromatic heterocycles. The molecule has 0 N–H and O–H groups in total. The van der Waals surface area contributed by atoms with Gasteiger partial charge >= 0.3 is 0 Å². The van der Waals surface area contributed by atoms with Crippen LogP contribution in [0.4, 0.5) is 8.78 Å². The number of halogens is 2. The van der Waals surface area contributed by atoms with Crippen molar-refractivity contribution < 1.29 is 8.78 Å². The number of aromatic nitrogens is 1. The highest BCUT2D eigenvalue weighted by Crippen LogP contribution is 2.29. The second-order valence-electron chi connectivity index (χ2n) is 9.66. The number of pyridine rings is 1. The molecule has 38 heavy (non-hydrogen) atoms. The average molecular weight is 516 g/mol. The van der Waals surface area contributed by atoms with E-state index in [1.165, 1.54) is 22.8 Å². The average Bonchev–Trinajstić information content (AvgIpc) is 3.04. The van der Waals surface area contributed by atoms with Crippen LogP contribution in [0, 0.1) is 40.4 Å². The molecule has 4 rings (SSSR count). The lowest BCUT2D eigenvalue weighted by Gasteiger charge is -2.21. The van der Waals surface area contributed by atoms with E-state index in [0.717, 1.165) is 28.8 Å². The van der Waals surface area contributed by atoms with Crippen LogP contribution in [-0.2, 0) is 11.8 Å². The smallest absolute Gasteiger partial charge is 0.123 e. The van der Waals surface area contributed by atoms with Crippen LogP contribution in [0.25, 0.3) is 0 Å². The van der Waals surface area contributed by atoms with Crippen LogP contribution in [0.1, 0.15) is 59.8 Å². The van der Waals surface area contributed by atoms with Crippen molar-refractivity contribution in [1.29, 1.82) is 0 Å². The fraction of sp³-hybridized carbons (Fsp3) is 0.286. The Balaban J connectivity index is 0.000000284. The summed E-state index contributed by atoms with van der Waals surface area (Å²) in [4.78, 5) is 4.32. The lowest BCUT2D eigenvalue weighted by molar-refractivity contribution is 0.624. The Hall–Kier alpha value is -3.59. The topological polar surface area (TPSA) is 12.9 Å². The molecular weight excluding hydrogens is 472 g/mol. The molecular formula is C35H43F2N. The van der Waals surface area contributed by atoms with Crippen molar-refractivity contribution in [2.75, 3.05) is 0 Å². The van der Waals surface area contributed by atoms with Gasteiger partial charge in [-0.25, -0.2) is 8.78 Å². The summed E-state index contributed by atoms with van der Waals surface area (Å²) >= 11 is 0. The number of benzene rings is 2. The SMILES string of the molecule is C=CC.CCc1cc(C)cc(F)c1.Cc1cccc(C)c1C.Cc1ccnc(C2(C)C=CC=CC(F)=C2)c1. The molecule has 0 aliphatic heterocycles. The number of hydrogen-bond donors (Lipinski definition) is 0. The molecule has 1 atom stereocenters. The van der Waals surface area contributed by atoms with E-state index < -0.39 is 5.41 Å². The highest BCUT2D eigenvalue weighted by molar-refractivity contribution is 5.39. The summed E-state index contributed by atoms with van der Waals surface area (Å²) in [6.07, 6.45) is 13.0. The molecule has 1 aliphatic carbocycles. The van der Waals surface area contributed by atoms with Crippen molar-refractivity contribution in [1.82, 2.24) is 4.98 Å². The number of nitrogens with zero attached hydrogens (tertiary/aromatic N) is 1. The van der Waals surface area contributed by atoms with Gasteiger partial charge in [-0.05, 0) is 125 Å². The van der Waals surface area contributed by atoms with Gasteiger partial charge in [-0.2, -0.15) is 0 Å². The van der Waals surface area contributed by atoms with Crippen LogP contribution in [0.15, 0.2) is 104 Å². The molecule has 3 aromatic rings. The number of aryl methyl sites for hydroxylation is 5. The lowest BCUT2D eigenvalue weighted by Crippen LogP contribution is -2.17. The van der Waals surface area contributed by atoms with E-state index in [4.69, 9.17) is 0 Å². The third kappa shape index (κ3) is 11.2. The van der Waals surface area contributed by atoms with Crippen molar-refractivity contribution in [3.8, 4) is 0 Å². The van der Waals surface area contributed by atoms with Crippen LogP contribution < -0.4 is 0 Å². The second-order valence-corrected chi connectivity index (χ2v) is 9.66. The fourth-order valence-electron chi connectivity index (χ4n) is 3.69. The van der Waals surface area contributed by atoms with Gasteiger partial charge in [-0.3, -0.25) is 4.98 Å². The van der Waals surface area contributed by atoms with Gasteiger partial charge in [0, 0.05) is 11.6 Å². The summed E-state index contributed by atoms with van der Waals surface area (Å²) in [7, 11) is 0. The summed E-state index contributed by atoms with van der Waals surface area (Å²) in [5.74, 6) is -0.354. The van der Waals surface area contributed by atoms with Gasteiger partial charge in [0.25, 0.3) is 0 Å². The van der Waals surface area contributed by atoms with Crippen molar-refractivity contribution in [2.45, 2.75) is 67.2 Å². The molecule has 1 nitrogen and oxygen atoms in total. The minimum atomic E-state index is -0.473. The van der Waals surface area contributed by atoms with Crippen molar-refractivity contribution in [2.24, 2.45) is 0 Å². The Bertz CT molecular complexity index is 1230. The minimum Gasteiger partial charge on any atom is -0.260 e. The number of allylic oxidation sites excluding steroid dienone is 7. The molecule has 3 heteroatoms. The standard InChI is InChI=1S/C14H14FN.C9H11F.C9H12.C3H6/c1-11-6-8-16-13(9-11)14(2)7-4-3-5-12(15)10-14;1-3-8-4-7(2)5-9(10)6-8;1-7-5-4-6-8(2)9(7)3;1-3-2/h3-10H,1-2H3;4-6H,3H2,1-2H3;4-6H,1-3H3;3H,1H2,2H3. The molecule has 1 unspecified atom stereocenters. The third-order valence-electron chi connectivity index (χ3n) is 6.10. The van der Waals surface area contributed by atoms with Crippen molar-refractivity contribution >= 4 is 0 Å². The van der Waals surface area contributed by atoms with Gasteiger partial charge in [0.1, 0.15) is 11.6 Å². The fourth-order valence-corrected chi connectivity index (χ4v) is 3.69. The minimum absolute atomic E-state index is 0.128. The van der Waals surface area contributed by atoms with E-state index in [0.29, 0.717) is 0 Å². The van der Waals surface area contributed by atoms with Crippen LogP contribution in [0.5, 0.6) is 0 Å². The zero-order chi connectivity index (χ0) is 28.7. The molecule has 0 amide bonds. The van der Waals surface area contributed by atoms with E-state index in [1.54, 1.807) is 36.6 Å². The molecule has 2 aromatic carbocycles. The monoisotopic (exact) mass is 515 g/mol. The Morgan fingerprint density at radius 1 is 0.895 bits per heavy atom. The van der Waals surface area contributed by atoms with Gasteiger partial charge in [-0.1, -0.05) is 55.5 Å². The van der Waals surface area contributed by atoms with Crippen LogP contribution in [0.2, 0.25) is 0 Å². The Kier molecular flexibility index (Phi) is 13.9. The first-order valence-corrected chi connectivity index (χ1v) is 13.0. The van der Waals surface area contributed by atoms with E-state index in [2.05, 4.69) is 50.5 Å². The normalized spacial score (nSPS) is 15.4. The summed E-state index contributed by atoms with van der Waals surface area (Å²) in [6.45, 7) is 19.6. The van der Waals surface area contributed by atoms with Crippen LogP contribution in [-0.4, -0.2) is 4.98 Å². The molecule has 0 saturated heterocycles. The highest BCUT2D eigenvalue weighted by Gasteiger charge is 2.24. The largest absolute Gasteiger partial charge is 0.260 e. The quantitative estimate of drug-likeness (QED) is 0.309. The number of hydrogen-bond acceptors (Lipinski definition) is 1. The molecule has 0 fully saturated rings. The molecule has 0 saturated carbocycles. The van der Waals surface area contributed by atoms with Crippen LogP contribution >= 0.6 is 0 Å². The maximum atomic E-state index is 13.4. The molecule has 202 valence electrons. The first kappa shape index (κ1) is 32.4. The Morgan fingerprint density at radius 2 is 1.53 bits per heavy atom. The predicted molar refractivity (Wildman–Crippen MR) is 161 cm³/mol. The Morgan fingerprint density at radius 3 is 2.05 bits per heavy atom. The maximum Gasteiger partial charge on any atom is 0.123 e. The zero-order valence-electron chi connectivity index (χ0n) is 24.3.